The van der Waals surface area contributed by atoms with Gasteiger partial charge in [-0.25, -0.2) is 0 Å². The van der Waals surface area contributed by atoms with Gasteiger partial charge in [-0.1, -0.05) is 6.07 Å². The topological polar surface area (TPSA) is 39.7 Å². The summed E-state index contributed by atoms with van der Waals surface area (Å²) >= 11 is 0. The normalized spacial score (nSPS) is 22.5. The molecule has 2 atom stereocenters. The van der Waals surface area contributed by atoms with E-state index in [1.165, 1.54) is 5.56 Å². The maximum Gasteiger partial charge on any atom is 0.161 e. The van der Waals surface area contributed by atoms with Gasteiger partial charge in [0.1, 0.15) is 0 Å². The second kappa shape index (κ2) is 6.78. The van der Waals surface area contributed by atoms with Crippen molar-refractivity contribution in [2.45, 2.75) is 39.0 Å². The third-order valence-corrected chi connectivity index (χ3v) is 3.47. The van der Waals surface area contributed by atoms with Gasteiger partial charge >= 0.3 is 0 Å². The molecule has 1 N–H and O–H groups in total. The van der Waals surface area contributed by atoms with E-state index in [0.29, 0.717) is 18.8 Å². The van der Waals surface area contributed by atoms with Crippen LogP contribution in [0.3, 0.4) is 0 Å². The molecule has 0 aliphatic carbocycles. The van der Waals surface area contributed by atoms with Crippen LogP contribution in [0, 0.1) is 0 Å². The first-order chi connectivity index (χ1) is 9.24. The smallest absolute Gasteiger partial charge is 0.161 e. The number of hydrogen-bond donors (Lipinski definition) is 1. The van der Waals surface area contributed by atoms with Crippen LogP contribution >= 0.6 is 0 Å². The zero-order valence-electron chi connectivity index (χ0n) is 11.9. The Morgan fingerprint density at radius 3 is 2.84 bits per heavy atom. The van der Waals surface area contributed by atoms with Crippen molar-refractivity contribution in [2.24, 2.45) is 0 Å². The Balaban J connectivity index is 1.96. The van der Waals surface area contributed by atoms with Crippen LogP contribution in [-0.2, 0) is 11.3 Å². The van der Waals surface area contributed by atoms with Crippen molar-refractivity contribution in [3.8, 4) is 11.5 Å². The molecular formula is C15H23NO3. The van der Waals surface area contributed by atoms with Gasteiger partial charge in [0.2, 0.25) is 0 Å². The second-order valence-electron chi connectivity index (χ2n) is 4.77. The molecule has 0 bridgehead atoms. The van der Waals surface area contributed by atoms with E-state index in [1.54, 1.807) is 7.11 Å². The highest BCUT2D eigenvalue weighted by molar-refractivity contribution is 5.42. The molecule has 1 aliphatic rings. The maximum absolute atomic E-state index is 5.54. The van der Waals surface area contributed by atoms with Gasteiger partial charge in [0.25, 0.3) is 0 Å². The van der Waals surface area contributed by atoms with Gasteiger partial charge in [-0.15, -0.1) is 0 Å². The molecule has 1 fully saturated rings. The summed E-state index contributed by atoms with van der Waals surface area (Å²) in [7, 11) is 1.67. The highest BCUT2D eigenvalue weighted by atomic mass is 16.5. The summed E-state index contributed by atoms with van der Waals surface area (Å²) in [5, 5.41) is 3.53. The molecule has 1 aromatic carbocycles. The van der Waals surface area contributed by atoms with Gasteiger partial charge in [0.05, 0.1) is 19.8 Å². The van der Waals surface area contributed by atoms with Crippen molar-refractivity contribution >= 4 is 0 Å². The first-order valence-electron chi connectivity index (χ1n) is 6.89. The molecule has 4 heteroatoms. The highest BCUT2D eigenvalue weighted by Gasteiger charge is 2.23. The second-order valence-corrected chi connectivity index (χ2v) is 4.77. The third kappa shape index (κ3) is 3.61. The van der Waals surface area contributed by atoms with Crippen molar-refractivity contribution in [3.63, 3.8) is 0 Å². The monoisotopic (exact) mass is 265 g/mol. The van der Waals surface area contributed by atoms with E-state index < -0.39 is 0 Å². The summed E-state index contributed by atoms with van der Waals surface area (Å²) in [5.74, 6) is 1.59. The summed E-state index contributed by atoms with van der Waals surface area (Å²) in [4.78, 5) is 0. The van der Waals surface area contributed by atoms with Crippen molar-refractivity contribution in [1.82, 2.24) is 5.32 Å². The minimum Gasteiger partial charge on any atom is -0.493 e. The molecule has 0 amide bonds. The van der Waals surface area contributed by atoms with E-state index in [4.69, 9.17) is 14.2 Å². The van der Waals surface area contributed by atoms with Crippen LogP contribution in [0.1, 0.15) is 25.8 Å². The van der Waals surface area contributed by atoms with Crippen LogP contribution in [-0.4, -0.2) is 32.5 Å². The number of ether oxygens (including phenoxy) is 3. The van der Waals surface area contributed by atoms with Gasteiger partial charge in [0, 0.05) is 19.2 Å². The van der Waals surface area contributed by atoms with E-state index in [-0.39, 0.29) is 0 Å². The van der Waals surface area contributed by atoms with Crippen molar-refractivity contribution in [3.05, 3.63) is 23.8 Å². The van der Waals surface area contributed by atoms with Crippen LogP contribution in [0.5, 0.6) is 11.5 Å². The average Bonchev–Trinajstić information content (AvgIpc) is 2.83. The molecule has 0 aromatic heterocycles. The summed E-state index contributed by atoms with van der Waals surface area (Å²) in [6, 6.07) is 6.51. The van der Waals surface area contributed by atoms with Gasteiger partial charge in [-0.05, 0) is 38.0 Å². The lowest BCUT2D eigenvalue weighted by atomic mass is 10.1. The number of benzene rings is 1. The zero-order valence-corrected chi connectivity index (χ0v) is 11.9. The number of methoxy groups -OCH3 is 1. The first kappa shape index (κ1) is 14.2. The SMILES string of the molecule is CCOc1ccc(CNC2CCOC2C)cc1OC. The summed E-state index contributed by atoms with van der Waals surface area (Å²) in [6.45, 7) is 6.40. The molecule has 2 rings (SSSR count). The summed E-state index contributed by atoms with van der Waals surface area (Å²) < 4.78 is 16.4. The molecule has 0 saturated carbocycles. The van der Waals surface area contributed by atoms with Crippen LogP contribution in [0.4, 0.5) is 0 Å². The molecule has 1 aliphatic heterocycles. The minimum atomic E-state index is 0.296. The predicted molar refractivity (Wildman–Crippen MR) is 74.8 cm³/mol. The Bertz CT molecular complexity index is 408. The predicted octanol–water partition coefficient (Wildman–Crippen LogP) is 2.36. The minimum absolute atomic E-state index is 0.296. The molecule has 1 heterocycles. The summed E-state index contributed by atoms with van der Waals surface area (Å²) in [5.41, 5.74) is 1.19. The van der Waals surface area contributed by atoms with E-state index >= 15 is 0 Å². The molecule has 4 nitrogen and oxygen atoms in total. The lowest BCUT2D eigenvalue weighted by Gasteiger charge is -2.17. The van der Waals surface area contributed by atoms with Crippen LogP contribution in [0.25, 0.3) is 0 Å². The van der Waals surface area contributed by atoms with Crippen molar-refractivity contribution in [2.75, 3.05) is 20.3 Å². The Labute approximate surface area is 115 Å². The fourth-order valence-electron chi connectivity index (χ4n) is 2.35. The van der Waals surface area contributed by atoms with E-state index in [0.717, 1.165) is 31.1 Å². The fourth-order valence-corrected chi connectivity index (χ4v) is 2.35. The Morgan fingerprint density at radius 2 is 2.21 bits per heavy atom. The van der Waals surface area contributed by atoms with Crippen LogP contribution < -0.4 is 14.8 Å². The maximum atomic E-state index is 5.54. The van der Waals surface area contributed by atoms with Crippen LogP contribution in [0.15, 0.2) is 18.2 Å². The Morgan fingerprint density at radius 1 is 1.37 bits per heavy atom. The molecular weight excluding hydrogens is 242 g/mol. The molecule has 1 saturated heterocycles. The Hall–Kier alpha value is -1.26. The summed E-state index contributed by atoms with van der Waals surface area (Å²) in [6.07, 6.45) is 1.37. The largest absolute Gasteiger partial charge is 0.493 e. The lowest BCUT2D eigenvalue weighted by Crippen LogP contribution is -2.34. The van der Waals surface area contributed by atoms with E-state index in [9.17, 15) is 0 Å². The van der Waals surface area contributed by atoms with E-state index in [2.05, 4.69) is 18.3 Å². The highest BCUT2D eigenvalue weighted by Crippen LogP contribution is 2.28. The average molecular weight is 265 g/mol. The van der Waals surface area contributed by atoms with Crippen LogP contribution in [0.2, 0.25) is 0 Å². The molecule has 0 spiro atoms. The lowest BCUT2D eigenvalue weighted by molar-refractivity contribution is 0.113. The first-order valence-corrected chi connectivity index (χ1v) is 6.89. The molecule has 106 valence electrons. The molecule has 0 radical (unpaired) electrons. The van der Waals surface area contributed by atoms with Crippen molar-refractivity contribution < 1.29 is 14.2 Å². The van der Waals surface area contributed by atoms with Crippen molar-refractivity contribution in [1.29, 1.82) is 0 Å². The third-order valence-electron chi connectivity index (χ3n) is 3.47. The fraction of sp³-hybridized carbons (Fsp3) is 0.600. The number of nitrogens with one attached hydrogen (secondary N) is 1. The quantitative estimate of drug-likeness (QED) is 0.857. The van der Waals surface area contributed by atoms with Gasteiger partial charge in [-0.3, -0.25) is 0 Å². The van der Waals surface area contributed by atoms with Gasteiger partial charge in [0.15, 0.2) is 11.5 Å². The van der Waals surface area contributed by atoms with Gasteiger partial charge in [-0.2, -0.15) is 0 Å². The number of rotatable bonds is 6. The standard InChI is InChI=1S/C15H23NO3/c1-4-18-14-6-5-12(9-15(14)17-3)10-16-13-7-8-19-11(13)2/h5-6,9,11,13,16H,4,7-8,10H2,1-3H3. The van der Waals surface area contributed by atoms with Gasteiger partial charge < -0.3 is 19.5 Å². The number of hydrogen-bond acceptors (Lipinski definition) is 4. The Kier molecular flexibility index (Phi) is 5.05. The molecule has 2 unspecified atom stereocenters. The zero-order chi connectivity index (χ0) is 13.7. The van der Waals surface area contributed by atoms with E-state index in [1.807, 2.05) is 19.1 Å². The molecule has 1 aromatic rings. The molecule has 19 heavy (non-hydrogen) atoms.